The van der Waals surface area contributed by atoms with Crippen molar-refractivity contribution in [3.8, 4) is 0 Å². The molecule has 3 N–H and O–H groups in total. The molecule has 0 bridgehead atoms. The third-order valence-corrected chi connectivity index (χ3v) is 4.59. The van der Waals surface area contributed by atoms with Gasteiger partial charge in [0.05, 0.1) is 13.0 Å². The first-order valence-corrected chi connectivity index (χ1v) is 10.9. The van der Waals surface area contributed by atoms with E-state index in [1.54, 1.807) is 0 Å². The van der Waals surface area contributed by atoms with Gasteiger partial charge >= 0.3 is 5.97 Å². The molecule has 0 spiro atoms. The van der Waals surface area contributed by atoms with E-state index < -0.39 is 0 Å². The average Bonchev–Trinajstić information content (AvgIpc) is 2.62. The van der Waals surface area contributed by atoms with Crippen molar-refractivity contribution in [2.45, 2.75) is 103 Å². The number of unbranched alkanes of at least 4 members (excludes halogenated alkanes) is 13. The SMILES string of the molecule is CCCCCCCCCCCCCCCCOC(=O)CCNCCN. The third-order valence-electron chi connectivity index (χ3n) is 4.59. The van der Waals surface area contributed by atoms with Crippen LogP contribution in [0.5, 0.6) is 0 Å². The van der Waals surface area contributed by atoms with Crippen LogP contribution in [0.25, 0.3) is 0 Å². The van der Waals surface area contributed by atoms with E-state index in [1.807, 2.05) is 0 Å². The number of rotatable bonds is 20. The minimum Gasteiger partial charge on any atom is -0.466 e. The van der Waals surface area contributed by atoms with Crippen LogP contribution in [0.4, 0.5) is 0 Å². The highest BCUT2D eigenvalue weighted by Crippen LogP contribution is 2.12. The molecule has 0 aromatic heterocycles. The Morgan fingerprint density at radius 2 is 1.24 bits per heavy atom. The van der Waals surface area contributed by atoms with Crippen LogP contribution >= 0.6 is 0 Å². The topological polar surface area (TPSA) is 64.3 Å². The van der Waals surface area contributed by atoms with Gasteiger partial charge in [0.25, 0.3) is 0 Å². The molecular weight excluding hydrogens is 312 g/mol. The number of nitrogens with two attached hydrogens (primary N) is 1. The number of nitrogens with one attached hydrogen (secondary N) is 1. The van der Waals surface area contributed by atoms with E-state index >= 15 is 0 Å². The predicted molar refractivity (Wildman–Crippen MR) is 108 cm³/mol. The molecule has 150 valence electrons. The van der Waals surface area contributed by atoms with Crippen LogP contribution in [-0.4, -0.2) is 32.2 Å². The first kappa shape index (κ1) is 24.4. The van der Waals surface area contributed by atoms with Gasteiger partial charge in [-0.15, -0.1) is 0 Å². The summed E-state index contributed by atoms with van der Waals surface area (Å²) in [4.78, 5) is 11.4. The lowest BCUT2D eigenvalue weighted by Crippen LogP contribution is -2.25. The summed E-state index contributed by atoms with van der Waals surface area (Å²) in [6.07, 6.45) is 19.3. The van der Waals surface area contributed by atoms with Crippen LogP contribution in [0.15, 0.2) is 0 Å². The lowest BCUT2D eigenvalue weighted by Gasteiger charge is -2.06. The Morgan fingerprint density at radius 1 is 0.760 bits per heavy atom. The predicted octanol–water partition coefficient (Wildman–Crippen LogP) is 4.95. The fourth-order valence-corrected chi connectivity index (χ4v) is 2.97. The fraction of sp³-hybridized carbons (Fsp3) is 0.952. The van der Waals surface area contributed by atoms with Crippen molar-refractivity contribution in [1.82, 2.24) is 5.32 Å². The van der Waals surface area contributed by atoms with Gasteiger partial charge in [-0.1, -0.05) is 90.4 Å². The fourth-order valence-electron chi connectivity index (χ4n) is 2.97. The standard InChI is InChI=1S/C21H44N2O2/c1-2-3-4-5-6-7-8-9-10-11-12-13-14-15-20-25-21(24)16-18-23-19-17-22/h23H,2-20,22H2,1H3. The second kappa shape index (κ2) is 21.4. The third kappa shape index (κ3) is 21.3. The minimum absolute atomic E-state index is 0.0979. The van der Waals surface area contributed by atoms with Crippen LogP contribution in [0.3, 0.4) is 0 Å². The summed E-state index contributed by atoms with van der Waals surface area (Å²) >= 11 is 0. The molecule has 0 radical (unpaired) electrons. The van der Waals surface area contributed by atoms with Crippen molar-refractivity contribution in [3.05, 3.63) is 0 Å². The molecule has 0 rings (SSSR count). The zero-order valence-electron chi connectivity index (χ0n) is 16.8. The molecule has 0 amide bonds. The first-order valence-electron chi connectivity index (χ1n) is 10.9. The largest absolute Gasteiger partial charge is 0.466 e. The monoisotopic (exact) mass is 356 g/mol. The summed E-state index contributed by atoms with van der Waals surface area (Å²) in [5.41, 5.74) is 5.37. The summed E-state index contributed by atoms with van der Waals surface area (Å²) in [6.45, 7) is 4.87. The molecule has 4 nitrogen and oxygen atoms in total. The van der Waals surface area contributed by atoms with E-state index in [1.165, 1.54) is 83.5 Å². The second-order valence-electron chi connectivity index (χ2n) is 7.11. The van der Waals surface area contributed by atoms with E-state index in [0.717, 1.165) is 13.0 Å². The average molecular weight is 357 g/mol. The molecule has 0 atom stereocenters. The van der Waals surface area contributed by atoms with Crippen LogP contribution in [0.1, 0.15) is 103 Å². The maximum atomic E-state index is 11.4. The summed E-state index contributed by atoms with van der Waals surface area (Å²) in [5, 5.41) is 3.09. The van der Waals surface area contributed by atoms with E-state index in [-0.39, 0.29) is 5.97 Å². The number of esters is 1. The van der Waals surface area contributed by atoms with Crippen molar-refractivity contribution < 1.29 is 9.53 Å². The highest BCUT2D eigenvalue weighted by atomic mass is 16.5. The van der Waals surface area contributed by atoms with Crippen molar-refractivity contribution in [1.29, 1.82) is 0 Å². The number of carbonyl (C=O) groups is 1. The second-order valence-corrected chi connectivity index (χ2v) is 7.11. The molecular formula is C21H44N2O2. The number of hydrogen-bond acceptors (Lipinski definition) is 4. The van der Waals surface area contributed by atoms with Gasteiger partial charge in [0.2, 0.25) is 0 Å². The molecule has 0 heterocycles. The lowest BCUT2D eigenvalue weighted by atomic mass is 10.0. The summed E-state index contributed by atoms with van der Waals surface area (Å²) in [6, 6.07) is 0. The highest BCUT2D eigenvalue weighted by Gasteiger charge is 2.01. The Hall–Kier alpha value is -0.610. The molecule has 0 fully saturated rings. The van der Waals surface area contributed by atoms with Gasteiger partial charge in [-0.05, 0) is 6.42 Å². The molecule has 0 unspecified atom stereocenters. The van der Waals surface area contributed by atoms with Crippen LogP contribution in [0, 0.1) is 0 Å². The van der Waals surface area contributed by atoms with E-state index in [0.29, 0.717) is 26.1 Å². The zero-order chi connectivity index (χ0) is 18.4. The number of ether oxygens (including phenoxy) is 1. The van der Waals surface area contributed by atoms with Crippen LogP contribution < -0.4 is 11.1 Å². The lowest BCUT2D eigenvalue weighted by molar-refractivity contribution is -0.143. The molecule has 4 heteroatoms. The summed E-state index contributed by atoms with van der Waals surface area (Å²) in [7, 11) is 0. The van der Waals surface area contributed by atoms with E-state index in [2.05, 4.69) is 12.2 Å². The van der Waals surface area contributed by atoms with Gasteiger partial charge in [-0.2, -0.15) is 0 Å². The maximum absolute atomic E-state index is 11.4. The van der Waals surface area contributed by atoms with Gasteiger partial charge in [-0.3, -0.25) is 4.79 Å². The molecule has 0 saturated heterocycles. The van der Waals surface area contributed by atoms with Crippen molar-refractivity contribution in [3.63, 3.8) is 0 Å². The van der Waals surface area contributed by atoms with Gasteiger partial charge < -0.3 is 15.8 Å². The van der Waals surface area contributed by atoms with Crippen LogP contribution in [0.2, 0.25) is 0 Å². The molecule has 0 aromatic rings. The van der Waals surface area contributed by atoms with Gasteiger partial charge in [-0.25, -0.2) is 0 Å². The molecule has 25 heavy (non-hydrogen) atoms. The Morgan fingerprint density at radius 3 is 1.72 bits per heavy atom. The van der Waals surface area contributed by atoms with Crippen molar-refractivity contribution in [2.75, 3.05) is 26.2 Å². The number of hydrogen-bond donors (Lipinski definition) is 2. The Balaban J connectivity index is 3.08. The smallest absolute Gasteiger partial charge is 0.307 e. The van der Waals surface area contributed by atoms with Crippen molar-refractivity contribution in [2.24, 2.45) is 5.73 Å². The molecule has 0 aliphatic rings. The molecule has 0 saturated carbocycles. The molecule has 0 aromatic carbocycles. The first-order chi connectivity index (χ1) is 12.3. The Kier molecular flexibility index (Phi) is 20.9. The summed E-state index contributed by atoms with van der Waals surface area (Å²) < 4.78 is 5.22. The van der Waals surface area contributed by atoms with Gasteiger partial charge in [0.15, 0.2) is 0 Å². The Bertz CT molecular complexity index is 273. The number of carbonyl (C=O) groups excluding carboxylic acids is 1. The van der Waals surface area contributed by atoms with E-state index in [9.17, 15) is 4.79 Å². The normalized spacial score (nSPS) is 11.0. The maximum Gasteiger partial charge on any atom is 0.307 e. The quantitative estimate of drug-likeness (QED) is 0.239. The summed E-state index contributed by atoms with van der Waals surface area (Å²) in [5.74, 6) is -0.0979. The van der Waals surface area contributed by atoms with Gasteiger partial charge in [0.1, 0.15) is 0 Å². The molecule has 0 aliphatic carbocycles. The van der Waals surface area contributed by atoms with Crippen molar-refractivity contribution >= 4 is 5.97 Å². The zero-order valence-corrected chi connectivity index (χ0v) is 16.8. The Labute approximate surface area is 156 Å². The molecule has 0 aliphatic heterocycles. The van der Waals surface area contributed by atoms with Crippen LogP contribution in [-0.2, 0) is 9.53 Å². The van der Waals surface area contributed by atoms with E-state index in [4.69, 9.17) is 10.5 Å². The highest BCUT2D eigenvalue weighted by molar-refractivity contribution is 5.69. The van der Waals surface area contributed by atoms with Gasteiger partial charge in [0, 0.05) is 19.6 Å². The minimum atomic E-state index is -0.0979.